The van der Waals surface area contributed by atoms with Crippen LogP contribution in [-0.2, 0) is 0 Å². The molecule has 0 heterocycles. The fourth-order valence-corrected chi connectivity index (χ4v) is 0. The minimum Gasteiger partial charge on any atom is -1.00 e. The van der Waals surface area contributed by atoms with Gasteiger partial charge >= 0.3 is 51.4 Å². The average molecular weight is 129 g/mol. The van der Waals surface area contributed by atoms with Gasteiger partial charge in [-0.3, -0.25) is 0 Å². The number of hydrogen-bond acceptors (Lipinski definition) is 0. The second-order valence-electron chi connectivity index (χ2n) is 0. The van der Waals surface area contributed by atoms with Gasteiger partial charge in [0, 0.05) is 0 Å². The van der Waals surface area contributed by atoms with Crippen molar-refractivity contribution >= 4 is 12.4 Å². The zero-order valence-electron chi connectivity index (χ0n) is 2.29. The quantitative estimate of drug-likeness (QED) is 0.291. The number of hydrogen-bond donors (Lipinski definition) is 0. The number of rotatable bonds is 0. The maximum absolute atomic E-state index is 0. The molecule has 1 nitrogen and oxygen atoms in total. The summed E-state index contributed by atoms with van der Waals surface area (Å²) >= 11 is 0. The molecule has 0 aliphatic carbocycles. The Labute approximate surface area is 80.1 Å². The molecule has 0 saturated heterocycles. The Balaban J connectivity index is 0. The minimum absolute atomic E-state index is 0. The van der Waals surface area contributed by atoms with Crippen LogP contribution in [-0.4, -0.2) is 5.48 Å². The fraction of sp³-hybridized carbons (Fsp3) is 0. The van der Waals surface area contributed by atoms with E-state index >= 15 is 0 Å². The van der Waals surface area contributed by atoms with E-state index in [0.717, 1.165) is 0 Å². The first-order valence-electron chi connectivity index (χ1n) is 0. The van der Waals surface area contributed by atoms with Gasteiger partial charge in [-0.2, -0.15) is 0 Å². The molecular weight excluding hydrogens is 126 g/mol. The Hall–Kier alpha value is 2.18. The molecule has 0 atom stereocenters. The van der Waals surface area contributed by atoms with Crippen LogP contribution in [0.3, 0.4) is 0 Å². The van der Waals surface area contributed by atoms with Gasteiger partial charge in [0.05, 0.1) is 0 Å². The van der Waals surface area contributed by atoms with Crippen molar-refractivity contribution in [1.29, 1.82) is 0 Å². The Morgan fingerprint density at radius 2 is 1.00 bits per heavy atom. The first-order chi connectivity index (χ1) is 0. The third kappa shape index (κ3) is 8.90. The first-order valence-corrected chi connectivity index (χ1v) is 0. The van der Waals surface area contributed by atoms with Crippen LogP contribution in [0.1, 0.15) is 0 Å². The monoisotopic (exact) mass is 128 g/mol. The topological polar surface area (TPSA) is 31.5 Å². The van der Waals surface area contributed by atoms with Crippen LogP contribution in [0.15, 0.2) is 0 Å². The Morgan fingerprint density at radius 1 is 1.00 bits per heavy atom. The van der Waals surface area contributed by atoms with Crippen LogP contribution in [0, 0.1) is 0 Å². The molecule has 0 amide bonds. The average Bonchev–Trinajstić information content (AvgIpc) is 0. The Morgan fingerprint density at radius 3 is 1.00 bits per heavy atom. The van der Waals surface area contributed by atoms with E-state index in [1.807, 2.05) is 0 Å². The van der Waals surface area contributed by atoms with Gasteiger partial charge in [-0.1, -0.05) is 0 Å². The fourth-order valence-electron chi connectivity index (χ4n) is 0. The summed E-state index contributed by atoms with van der Waals surface area (Å²) in [6.07, 6.45) is 0. The summed E-state index contributed by atoms with van der Waals surface area (Å²) < 4.78 is 0. The molecule has 4 heteroatoms. The summed E-state index contributed by atoms with van der Waals surface area (Å²) in [5.41, 5.74) is 0. The molecule has 24 valence electrons. The summed E-state index contributed by atoms with van der Waals surface area (Å²) in [6.45, 7) is 0. The predicted molar refractivity (Wildman–Crippen MR) is 10.9 cm³/mol. The molecule has 0 aromatic heterocycles. The molecule has 4 heavy (non-hydrogen) atoms. The van der Waals surface area contributed by atoms with Gasteiger partial charge in [-0.15, -0.1) is 12.4 Å². The molecule has 0 unspecified atom stereocenters. The van der Waals surface area contributed by atoms with Crippen LogP contribution in [0.25, 0.3) is 0 Å². The molecule has 0 aromatic rings. The summed E-state index contributed by atoms with van der Waals surface area (Å²) in [5, 5.41) is 0. The molecule has 0 fully saturated rings. The molecule has 0 radical (unpaired) electrons. The van der Waals surface area contributed by atoms with Gasteiger partial charge in [-0.05, 0) is 0 Å². The van der Waals surface area contributed by atoms with Crippen LogP contribution in [0.4, 0.5) is 0 Å². The molecule has 0 spiro atoms. The van der Waals surface area contributed by atoms with E-state index in [4.69, 9.17) is 0 Å². The van der Waals surface area contributed by atoms with E-state index < -0.39 is 0 Å². The molecule has 0 aliphatic rings. The van der Waals surface area contributed by atoms with Gasteiger partial charge in [-0.25, -0.2) is 0 Å². The van der Waals surface area contributed by atoms with Crippen molar-refractivity contribution < 1.29 is 69.3 Å². The van der Waals surface area contributed by atoms with E-state index in [-0.39, 0.29) is 81.7 Å². The Kier molecular flexibility index (Phi) is 167. The molecule has 0 aromatic carbocycles. The second kappa shape index (κ2) is 19.1. The van der Waals surface area contributed by atoms with E-state index in [9.17, 15) is 0 Å². The van der Waals surface area contributed by atoms with Gasteiger partial charge in [0.2, 0.25) is 0 Å². The second-order valence-corrected chi connectivity index (χ2v) is 0. The van der Waals surface area contributed by atoms with Gasteiger partial charge in [0.1, 0.15) is 0 Å². The van der Waals surface area contributed by atoms with E-state index in [0.29, 0.717) is 0 Å². The van der Waals surface area contributed by atoms with E-state index in [1.165, 1.54) is 0 Å². The van der Waals surface area contributed by atoms with Crippen molar-refractivity contribution in [3.05, 3.63) is 0 Å². The normalized spacial score (nSPS) is 0. The molecule has 0 saturated carbocycles. The zero-order valence-corrected chi connectivity index (χ0v) is 6.98. The standard InChI is InChI=1S/2ClH.K.H2O/h2*1H;;1H2/q;;+1;/p-1. The smallest absolute Gasteiger partial charge is 1.00 e. The zero-order chi connectivity index (χ0) is 0. The van der Waals surface area contributed by atoms with Crippen molar-refractivity contribution in [3.8, 4) is 0 Å². The summed E-state index contributed by atoms with van der Waals surface area (Å²) in [4.78, 5) is 0. The molecule has 2 N–H and O–H groups in total. The third-order valence-electron chi connectivity index (χ3n) is 0. The van der Waals surface area contributed by atoms with E-state index in [2.05, 4.69) is 0 Å². The van der Waals surface area contributed by atoms with Crippen molar-refractivity contribution in [3.63, 3.8) is 0 Å². The predicted octanol–water partition coefficient (Wildman–Crippen LogP) is -6.39. The van der Waals surface area contributed by atoms with Crippen molar-refractivity contribution in [1.82, 2.24) is 0 Å². The van der Waals surface area contributed by atoms with E-state index in [1.54, 1.807) is 0 Å². The largest absolute Gasteiger partial charge is 1.00 e. The Bertz CT molecular complexity index is 6.00. The molecule has 0 aliphatic heterocycles. The molecule has 0 bridgehead atoms. The van der Waals surface area contributed by atoms with Gasteiger partial charge in [0.15, 0.2) is 0 Å². The number of halogens is 2. The summed E-state index contributed by atoms with van der Waals surface area (Å²) in [5.74, 6) is 0. The van der Waals surface area contributed by atoms with Gasteiger partial charge in [0.25, 0.3) is 0 Å². The van der Waals surface area contributed by atoms with Crippen LogP contribution >= 0.6 is 12.4 Å². The van der Waals surface area contributed by atoms with Gasteiger partial charge < -0.3 is 17.9 Å². The summed E-state index contributed by atoms with van der Waals surface area (Å²) in [6, 6.07) is 0. The maximum Gasteiger partial charge on any atom is 1.00 e. The molecular formula is H3Cl2KO. The minimum atomic E-state index is 0. The van der Waals surface area contributed by atoms with Crippen LogP contribution < -0.4 is 63.8 Å². The molecule has 0 rings (SSSR count). The van der Waals surface area contributed by atoms with Crippen molar-refractivity contribution in [2.24, 2.45) is 0 Å². The summed E-state index contributed by atoms with van der Waals surface area (Å²) in [7, 11) is 0. The van der Waals surface area contributed by atoms with Crippen molar-refractivity contribution in [2.45, 2.75) is 0 Å². The first kappa shape index (κ1) is 34.9. The maximum atomic E-state index is 0. The SMILES string of the molecule is Cl.O.[Cl-].[K+]. The van der Waals surface area contributed by atoms with Crippen molar-refractivity contribution in [2.75, 3.05) is 0 Å². The van der Waals surface area contributed by atoms with Crippen LogP contribution in [0.2, 0.25) is 0 Å². The third-order valence-corrected chi connectivity index (χ3v) is 0. The van der Waals surface area contributed by atoms with Crippen LogP contribution in [0.5, 0.6) is 0 Å².